The molecule has 0 bridgehead atoms. The molecule has 0 saturated heterocycles. The molecule has 3 rings (SSSR count). The fraction of sp³-hybridized carbons (Fsp3) is 0.200. The Bertz CT molecular complexity index is 1120. The Morgan fingerprint density at radius 1 is 1.10 bits per heavy atom. The fourth-order valence-corrected chi connectivity index (χ4v) is 3.40. The monoisotopic (exact) mass is 440 g/mol. The molecule has 0 spiro atoms. The molecule has 0 aliphatic heterocycles. The highest BCUT2D eigenvalue weighted by Crippen LogP contribution is 2.23. The highest BCUT2D eigenvalue weighted by molar-refractivity contribution is 7.99. The second-order valence-electron chi connectivity index (χ2n) is 6.64. The van der Waals surface area contributed by atoms with Gasteiger partial charge in [0.2, 0.25) is 11.8 Å². The molecule has 0 saturated carbocycles. The van der Waals surface area contributed by atoms with Gasteiger partial charge < -0.3 is 15.2 Å². The van der Waals surface area contributed by atoms with Gasteiger partial charge in [0.15, 0.2) is 5.16 Å². The molecule has 2 aromatic carbocycles. The van der Waals surface area contributed by atoms with Crippen LogP contribution in [0.1, 0.15) is 11.4 Å². The van der Waals surface area contributed by atoms with Gasteiger partial charge in [-0.1, -0.05) is 36.0 Å². The third-order valence-electron chi connectivity index (χ3n) is 4.34. The Balaban J connectivity index is 1.56. The summed E-state index contributed by atoms with van der Waals surface area (Å²) in [6.45, 7) is 1.75. The molecule has 1 aromatic heterocycles. The third kappa shape index (κ3) is 5.89. The molecule has 0 unspecified atom stereocenters. The summed E-state index contributed by atoms with van der Waals surface area (Å²) < 4.78 is 1.65. The number of carbonyl (C=O) groups is 2. The van der Waals surface area contributed by atoms with Crippen LogP contribution < -0.4 is 10.6 Å². The molecule has 0 atom stereocenters. The summed E-state index contributed by atoms with van der Waals surface area (Å²) in [5.41, 5.74) is 1.70. The lowest BCUT2D eigenvalue weighted by atomic mass is 10.2. The topological polar surface area (TPSA) is 132 Å². The summed E-state index contributed by atoms with van der Waals surface area (Å²) in [4.78, 5) is 34.9. The number of nitrogens with one attached hydrogen (secondary N) is 2. The van der Waals surface area contributed by atoms with Gasteiger partial charge in [-0.2, -0.15) is 0 Å². The molecule has 1 heterocycles. The Kier molecular flexibility index (Phi) is 6.98. The second-order valence-corrected chi connectivity index (χ2v) is 7.58. The average Bonchev–Trinajstić information content (AvgIpc) is 3.08. The van der Waals surface area contributed by atoms with E-state index in [0.717, 1.165) is 11.8 Å². The molecule has 0 radical (unpaired) electrons. The predicted octanol–water partition coefficient (Wildman–Crippen LogP) is 2.94. The maximum Gasteiger partial charge on any atom is 0.271 e. The van der Waals surface area contributed by atoms with E-state index in [0.29, 0.717) is 27.9 Å². The van der Waals surface area contributed by atoms with E-state index >= 15 is 0 Å². The highest BCUT2D eigenvalue weighted by atomic mass is 32.2. The van der Waals surface area contributed by atoms with Crippen molar-refractivity contribution in [2.45, 2.75) is 18.5 Å². The zero-order valence-corrected chi connectivity index (χ0v) is 17.7. The van der Waals surface area contributed by atoms with Crippen LogP contribution in [0, 0.1) is 17.0 Å². The lowest BCUT2D eigenvalue weighted by Crippen LogP contribution is -2.17. The number of amides is 2. The molecule has 3 aromatic rings. The maximum absolute atomic E-state index is 12.3. The Morgan fingerprint density at radius 2 is 1.84 bits per heavy atom. The fourth-order valence-electron chi connectivity index (χ4n) is 2.67. The van der Waals surface area contributed by atoms with Crippen LogP contribution in [0.25, 0.3) is 0 Å². The van der Waals surface area contributed by atoms with Gasteiger partial charge >= 0.3 is 0 Å². The first-order valence-electron chi connectivity index (χ1n) is 9.24. The molecule has 2 amide bonds. The van der Waals surface area contributed by atoms with Crippen molar-refractivity contribution in [3.8, 4) is 0 Å². The smallest absolute Gasteiger partial charge is 0.271 e. The van der Waals surface area contributed by atoms with E-state index in [1.54, 1.807) is 36.7 Å². The number of para-hydroxylation sites is 1. The van der Waals surface area contributed by atoms with Gasteiger partial charge in [0.1, 0.15) is 5.82 Å². The zero-order chi connectivity index (χ0) is 22.4. The molecule has 160 valence electrons. The molecular formula is C20H20N6O4S. The molecule has 10 nitrogen and oxygen atoms in total. The summed E-state index contributed by atoms with van der Waals surface area (Å²) in [5.74, 6) is -0.0624. The number of carbonyl (C=O) groups excluding carboxylic acids is 2. The maximum atomic E-state index is 12.3. The van der Waals surface area contributed by atoms with E-state index in [4.69, 9.17) is 0 Å². The Morgan fingerprint density at radius 3 is 2.55 bits per heavy atom. The van der Waals surface area contributed by atoms with Crippen LogP contribution >= 0.6 is 11.8 Å². The second kappa shape index (κ2) is 9.85. The first-order chi connectivity index (χ1) is 14.8. The molecule has 0 aliphatic rings. The number of anilines is 2. The summed E-state index contributed by atoms with van der Waals surface area (Å²) in [7, 11) is 1.72. The SMILES string of the molecule is Cc1ccc([N+](=O)[O-])cc1NC(=O)CSc1nnc(CC(=O)Nc2ccccc2)n1C. The number of thioether (sulfide) groups is 1. The minimum atomic E-state index is -0.515. The van der Waals surface area contributed by atoms with Gasteiger partial charge in [-0.15, -0.1) is 10.2 Å². The van der Waals surface area contributed by atoms with Gasteiger partial charge in [-0.25, -0.2) is 0 Å². The number of nitrogens with zero attached hydrogens (tertiary/aromatic N) is 4. The van der Waals surface area contributed by atoms with Gasteiger partial charge in [0.25, 0.3) is 5.69 Å². The van der Waals surface area contributed by atoms with Crippen LogP contribution in [0.4, 0.5) is 17.1 Å². The molecular weight excluding hydrogens is 420 g/mol. The van der Waals surface area contributed by atoms with Crippen molar-refractivity contribution in [3.63, 3.8) is 0 Å². The van der Waals surface area contributed by atoms with Crippen molar-refractivity contribution >= 4 is 40.6 Å². The van der Waals surface area contributed by atoms with Crippen molar-refractivity contribution in [1.29, 1.82) is 0 Å². The summed E-state index contributed by atoms with van der Waals surface area (Å²) in [6.07, 6.45) is 0.0397. The summed E-state index contributed by atoms with van der Waals surface area (Å²) in [6, 6.07) is 13.4. The van der Waals surface area contributed by atoms with Gasteiger partial charge in [-0.05, 0) is 24.6 Å². The van der Waals surface area contributed by atoms with E-state index in [2.05, 4.69) is 20.8 Å². The van der Waals surface area contributed by atoms with Gasteiger partial charge in [0, 0.05) is 24.9 Å². The normalized spacial score (nSPS) is 10.5. The van der Waals surface area contributed by atoms with E-state index in [-0.39, 0.29) is 29.7 Å². The van der Waals surface area contributed by atoms with E-state index in [9.17, 15) is 19.7 Å². The van der Waals surface area contributed by atoms with Crippen molar-refractivity contribution in [2.75, 3.05) is 16.4 Å². The quantitative estimate of drug-likeness (QED) is 0.313. The van der Waals surface area contributed by atoms with Crippen molar-refractivity contribution in [3.05, 3.63) is 70.0 Å². The number of hydrogen-bond donors (Lipinski definition) is 2. The number of aromatic nitrogens is 3. The zero-order valence-electron chi connectivity index (χ0n) is 16.9. The largest absolute Gasteiger partial charge is 0.326 e. The van der Waals surface area contributed by atoms with Crippen LogP contribution in [0.3, 0.4) is 0 Å². The minimum Gasteiger partial charge on any atom is -0.326 e. The lowest BCUT2D eigenvalue weighted by molar-refractivity contribution is -0.384. The number of nitro groups is 1. The van der Waals surface area contributed by atoms with Crippen LogP contribution in [-0.2, 0) is 23.1 Å². The molecule has 2 N–H and O–H groups in total. The minimum absolute atomic E-state index is 0.0321. The third-order valence-corrected chi connectivity index (χ3v) is 5.36. The number of non-ortho nitro benzene ring substituents is 1. The van der Waals surface area contributed by atoms with Crippen molar-refractivity contribution in [2.24, 2.45) is 7.05 Å². The molecule has 11 heteroatoms. The number of nitro benzene ring substituents is 1. The van der Waals surface area contributed by atoms with Crippen LogP contribution in [0.5, 0.6) is 0 Å². The van der Waals surface area contributed by atoms with Gasteiger partial charge in [0.05, 0.1) is 22.8 Å². The van der Waals surface area contributed by atoms with Crippen molar-refractivity contribution < 1.29 is 14.5 Å². The first-order valence-corrected chi connectivity index (χ1v) is 10.2. The Hall–Kier alpha value is -3.73. The van der Waals surface area contributed by atoms with Gasteiger partial charge in [-0.3, -0.25) is 19.7 Å². The van der Waals surface area contributed by atoms with Crippen LogP contribution in [-0.4, -0.2) is 37.3 Å². The summed E-state index contributed by atoms with van der Waals surface area (Å²) >= 11 is 1.15. The molecule has 0 aliphatic carbocycles. The first kappa shape index (κ1) is 22.0. The van der Waals surface area contributed by atoms with E-state index in [1.165, 1.54) is 12.1 Å². The molecule has 0 fully saturated rings. The van der Waals surface area contributed by atoms with Crippen LogP contribution in [0.2, 0.25) is 0 Å². The summed E-state index contributed by atoms with van der Waals surface area (Å²) in [5, 5.41) is 24.9. The van der Waals surface area contributed by atoms with E-state index in [1.807, 2.05) is 18.2 Å². The van der Waals surface area contributed by atoms with Crippen molar-refractivity contribution in [1.82, 2.24) is 14.8 Å². The number of hydrogen-bond acceptors (Lipinski definition) is 7. The number of rotatable bonds is 8. The van der Waals surface area contributed by atoms with E-state index < -0.39 is 4.92 Å². The Labute approximate surface area is 182 Å². The lowest BCUT2D eigenvalue weighted by Gasteiger charge is -2.08. The number of benzene rings is 2. The van der Waals surface area contributed by atoms with Crippen LogP contribution in [0.15, 0.2) is 53.7 Å². The standard InChI is InChI=1S/C20H20N6O4S/c1-13-8-9-15(26(29)30)10-16(13)22-19(28)12-31-20-24-23-17(25(20)2)11-18(27)21-14-6-4-3-5-7-14/h3-10H,11-12H2,1-2H3,(H,21,27)(H,22,28). The highest BCUT2D eigenvalue weighted by Gasteiger charge is 2.16. The average molecular weight is 440 g/mol. The predicted molar refractivity (Wildman–Crippen MR) is 117 cm³/mol. The number of aryl methyl sites for hydroxylation is 1. The molecule has 31 heavy (non-hydrogen) atoms.